The Balaban J connectivity index is 1.64. The molecule has 1 aromatic rings. The number of aliphatic hydroxyl groups is 1. The molecule has 4 rings (SSSR count). The summed E-state index contributed by atoms with van der Waals surface area (Å²) in [5.41, 5.74) is -0.378. The normalized spacial score (nSPS) is 25.1. The quantitative estimate of drug-likeness (QED) is 0.108. The number of hydrogen-bond acceptors (Lipinski definition) is 7. The zero-order valence-corrected chi connectivity index (χ0v) is 29.8. The fraction of sp³-hybridized carbons (Fsp3) is 0.641. The predicted molar refractivity (Wildman–Crippen MR) is 188 cm³/mol. The number of esters is 1. The molecule has 0 unspecified atom stereocenters. The van der Waals surface area contributed by atoms with Gasteiger partial charge in [0.25, 0.3) is 0 Å². The van der Waals surface area contributed by atoms with Crippen LogP contribution in [0, 0.1) is 11.8 Å². The van der Waals surface area contributed by atoms with Gasteiger partial charge in [-0.2, -0.15) is 0 Å². The summed E-state index contributed by atoms with van der Waals surface area (Å²) in [4.78, 5) is 61.4. The van der Waals surface area contributed by atoms with Crippen LogP contribution in [0.3, 0.4) is 0 Å². The van der Waals surface area contributed by atoms with Gasteiger partial charge in [0.15, 0.2) is 0 Å². The minimum Gasteiger partial charge on any atom is -0.455 e. The molecule has 10 heteroatoms. The van der Waals surface area contributed by atoms with Gasteiger partial charge in [0.2, 0.25) is 17.7 Å². The van der Waals surface area contributed by atoms with Crippen LogP contribution in [0.25, 0.3) is 0 Å². The second kappa shape index (κ2) is 17.9. The van der Waals surface area contributed by atoms with Crippen LogP contribution in [0.2, 0.25) is 0 Å². The number of ether oxygens (including phenoxy) is 2. The summed E-state index contributed by atoms with van der Waals surface area (Å²) >= 11 is 0. The fourth-order valence-electron chi connectivity index (χ4n) is 7.98. The Bertz CT molecular complexity index is 1300. The van der Waals surface area contributed by atoms with Gasteiger partial charge in [0.1, 0.15) is 17.7 Å². The van der Waals surface area contributed by atoms with Gasteiger partial charge in [-0.3, -0.25) is 19.2 Å². The Morgan fingerprint density at radius 2 is 1.84 bits per heavy atom. The minimum absolute atomic E-state index is 0.0865. The fourth-order valence-corrected chi connectivity index (χ4v) is 7.98. The van der Waals surface area contributed by atoms with Crippen molar-refractivity contribution < 1.29 is 33.8 Å². The van der Waals surface area contributed by atoms with Crippen molar-refractivity contribution in [3.63, 3.8) is 0 Å². The van der Waals surface area contributed by atoms with Crippen LogP contribution in [-0.4, -0.2) is 101 Å². The molecule has 3 aliphatic rings. The maximum atomic E-state index is 14.5. The number of carbonyl (C=O) groups excluding carboxylic acids is 4. The van der Waals surface area contributed by atoms with Crippen LogP contribution >= 0.6 is 0 Å². The van der Waals surface area contributed by atoms with Gasteiger partial charge in [-0.25, -0.2) is 0 Å². The third kappa shape index (κ3) is 8.28. The van der Waals surface area contributed by atoms with E-state index in [0.29, 0.717) is 58.2 Å². The van der Waals surface area contributed by atoms with Crippen molar-refractivity contribution in [3.05, 3.63) is 61.2 Å². The highest BCUT2D eigenvalue weighted by Crippen LogP contribution is 2.59. The van der Waals surface area contributed by atoms with Crippen molar-refractivity contribution in [1.82, 2.24) is 14.7 Å². The van der Waals surface area contributed by atoms with E-state index in [1.165, 1.54) is 0 Å². The second-order valence-corrected chi connectivity index (χ2v) is 13.8. The van der Waals surface area contributed by atoms with Crippen LogP contribution in [0.4, 0.5) is 0 Å². The van der Waals surface area contributed by atoms with Crippen molar-refractivity contribution in [2.24, 2.45) is 11.8 Å². The van der Waals surface area contributed by atoms with Gasteiger partial charge in [-0.1, -0.05) is 75.1 Å². The summed E-state index contributed by atoms with van der Waals surface area (Å²) in [7, 11) is 1.71. The van der Waals surface area contributed by atoms with Crippen molar-refractivity contribution in [1.29, 1.82) is 0 Å². The van der Waals surface area contributed by atoms with Crippen LogP contribution in [0.5, 0.6) is 0 Å². The number of likely N-dealkylation sites (tertiary alicyclic amines) is 1. The number of benzene rings is 1. The number of amides is 3. The molecular weight excluding hydrogens is 622 g/mol. The standard InChI is InChI=1S/C39H57N3O7/c1-6-9-16-25-41(24-8-3)37(46)35-39-23-22-30(49-39)32(33(39)36(45)42(35)26-17-11-12-18-27-43)38(47)48-34(29-19-14-13-15-20-29)28(4)40(5)31(44)21-10-7-2/h7-8,13-15,19-20,28,30,32-35,43H,2-3,6,9-12,16-18,21-27H2,1,4-5H3/t28-,30-,32+,33+,34+,35-,39+/m0/s1. The second-order valence-electron chi connectivity index (χ2n) is 13.8. The number of unbranched alkanes of at least 4 members (excludes halogenated alkanes) is 5. The maximum absolute atomic E-state index is 14.5. The van der Waals surface area contributed by atoms with E-state index in [0.717, 1.165) is 37.7 Å². The summed E-state index contributed by atoms with van der Waals surface area (Å²) < 4.78 is 13.0. The first kappa shape index (κ1) is 38.3. The van der Waals surface area contributed by atoms with Crippen molar-refractivity contribution in [2.75, 3.05) is 33.3 Å². The number of nitrogens with zero attached hydrogens (tertiary/aromatic N) is 3. The van der Waals surface area contributed by atoms with Gasteiger partial charge < -0.3 is 29.3 Å². The van der Waals surface area contributed by atoms with E-state index in [-0.39, 0.29) is 24.3 Å². The average molecular weight is 680 g/mol. The van der Waals surface area contributed by atoms with Crippen molar-refractivity contribution >= 4 is 23.7 Å². The third-order valence-electron chi connectivity index (χ3n) is 10.7. The number of aliphatic hydroxyl groups excluding tert-OH is 1. The molecule has 1 spiro atoms. The Labute approximate surface area is 292 Å². The summed E-state index contributed by atoms with van der Waals surface area (Å²) in [5.74, 6) is -2.74. The van der Waals surface area contributed by atoms with E-state index in [9.17, 15) is 24.3 Å². The van der Waals surface area contributed by atoms with E-state index < -0.39 is 47.7 Å². The topological polar surface area (TPSA) is 117 Å². The van der Waals surface area contributed by atoms with Gasteiger partial charge in [-0.15, -0.1) is 13.2 Å². The minimum atomic E-state index is -1.12. The van der Waals surface area contributed by atoms with E-state index in [1.54, 1.807) is 33.9 Å². The molecule has 0 saturated carbocycles. The number of carbonyl (C=O) groups is 4. The van der Waals surface area contributed by atoms with Crippen LogP contribution in [0.1, 0.15) is 96.1 Å². The van der Waals surface area contributed by atoms with E-state index in [4.69, 9.17) is 9.47 Å². The molecule has 3 amide bonds. The lowest BCUT2D eigenvalue weighted by Crippen LogP contribution is -2.56. The first-order chi connectivity index (χ1) is 23.7. The van der Waals surface area contributed by atoms with Crippen molar-refractivity contribution in [2.45, 2.75) is 114 Å². The van der Waals surface area contributed by atoms with Gasteiger partial charge in [0, 0.05) is 39.7 Å². The Hall–Kier alpha value is -3.50. The summed E-state index contributed by atoms with van der Waals surface area (Å²) in [6, 6.07) is 8.02. The first-order valence-corrected chi connectivity index (χ1v) is 18.3. The Kier molecular flexibility index (Phi) is 14.0. The molecule has 3 saturated heterocycles. The molecule has 0 aliphatic carbocycles. The number of allylic oxidation sites excluding steroid dienone is 1. The Morgan fingerprint density at radius 1 is 1.10 bits per heavy atom. The molecule has 3 fully saturated rings. The molecule has 1 N–H and O–H groups in total. The number of fused-ring (bicyclic) bond motifs is 1. The largest absolute Gasteiger partial charge is 0.455 e. The molecule has 7 atom stereocenters. The molecule has 3 heterocycles. The Morgan fingerprint density at radius 3 is 2.51 bits per heavy atom. The maximum Gasteiger partial charge on any atom is 0.313 e. The number of rotatable bonds is 21. The lowest BCUT2D eigenvalue weighted by molar-refractivity contribution is -0.164. The highest BCUT2D eigenvalue weighted by Gasteiger charge is 2.75. The molecule has 10 nitrogen and oxygen atoms in total. The van der Waals surface area contributed by atoms with Gasteiger partial charge >= 0.3 is 5.97 Å². The van der Waals surface area contributed by atoms with E-state index in [1.807, 2.05) is 37.3 Å². The summed E-state index contributed by atoms with van der Waals surface area (Å²) in [5, 5.41) is 9.25. The van der Waals surface area contributed by atoms with Gasteiger partial charge in [-0.05, 0) is 51.0 Å². The zero-order valence-electron chi connectivity index (χ0n) is 29.8. The molecule has 0 aromatic heterocycles. The van der Waals surface area contributed by atoms with E-state index in [2.05, 4.69) is 20.1 Å². The first-order valence-electron chi connectivity index (χ1n) is 18.3. The van der Waals surface area contributed by atoms with Crippen LogP contribution < -0.4 is 0 Å². The number of likely N-dealkylation sites (N-methyl/N-ethyl adjacent to an activating group) is 1. The van der Waals surface area contributed by atoms with Crippen molar-refractivity contribution in [3.8, 4) is 0 Å². The average Bonchev–Trinajstić information content (AvgIpc) is 3.75. The number of hydrogen-bond donors (Lipinski definition) is 1. The third-order valence-corrected chi connectivity index (χ3v) is 10.7. The predicted octanol–water partition coefficient (Wildman–Crippen LogP) is 5.22. The highest BCUT2D eigenvalue weighted by atomic mass is 16.6. The molecule has 49 heavy (non-hydrogen) atoms. The lowest BCUT2D eigenvalue weighted by atomic mass is 9.70. The molecular formula is C39H57N3O7. The van der Waals surface area contributed by atoms with Gasteiger partial charge in [0.05, 0.1) is 24.0 Å². The summed E-state index contributed by atoms with van der Waals surface area (Å²) in [6.07, 6.45) is 9.80. The molecule has 2 bridgehead atoms. The van der Waals surface area contributed by atoms with Crippen LogP contribution in [-0.2, 0) is 28.7 Å². The smallest absolute Gasteiger partial charge is 0.313 e. The zero-order chi connectivity index (χ0) is 35.6. The molecule has 3 aliphatic heterocycles. The molecule has 270 valence electrons. The molecule has 0 radical (unpaired) electrons. The summed E-state index contributed by atoms with van der Waals surface area (Å²) in [6.45, 7) is 13.0. The highest BCUT2D eigenvalue weighted by molar-refractivity contribution is 5.98. The SMILES string of the molecule is C=CCCC(=O)N(C)[C@@H](C)[C@@H](OC(=O)[C@@H]1[C@@H]2CC[C@]3(O2)[C@H](C(=O)N(CC=C)CCCCC)N(CCCCCCO)C(=O)[C@@H]13)c1ccccc1. The lowest BCUT2D eigenvalue weighted by Gasteiger charge is -2.37. The van der Waals surface area contributed by atoms with E-state index >= 15 is 0 Å². The van der Waals surface area contributed by atoms with Crippen LogP contribution in [0.15, 0.2) is 55.6 Å². The monoisotopic (exact) mass is 679 g/mol. The molecule has 1 aromatic carbocycles.